The summed E-state index contributed by atoms with van der Waals surface area (Å²) in [6.45, 7) is 5.32. The summed E-state index contributed by atoms with van der Waals surface area (Å²) < 4.78 is 1.74. The van der Waals surface area contributed by atoms with Crippen LogP contribution in [0.2, 0.25) is 0 Å². The highest BCUT2D eigenvalue weighted by atomic mass is 15.6. The number of rotatable bonds is 4. The summed E-state index contributed by atoms with van der Waals surface area (Å²) in [5.74, 6) is 0.880. The van der Waals surface area contributed by atoms with E-state index in [0.29, 0.717) is 6.04 Å². The fourth-order valence-electron chi connectivity index (χ4n) is 2.06. The molecule has 1 unspecified atom stereocenters. The maximum absolute atomic E-state index is 4.08. The standard InChI is InChI=1S/C9H18N6/c1-3-6-15(8-4-5-10-7-8)9-11-12-13-14(9)2/h8,10H,3-7H2,1-2H3. The van der Waals surface area contributed by atoms with E-state index in [2.05, 4.69) is 32.7 Å². The highest BCUT2D eigenvalue weighted by Gasteiger charge is 2.25. The summed E-state index contributed by atoms with van der Waals surface area (Å²) in [5, 5.41) is 15.0. The molecule has 0 amide bonds. The average molecular weight is 210 g/mol. The van der Waals surface area contributed by atoms with Crippen LogP contribution in [0.1, 0.15) is 19.8 Å². The number of hydrogen-bond donors (Lipinski definition) is 1. The van der Waals surface area contributed by atoms with E-state index in [9.17, 15) is 0 Å². The zero-order valence-electron chi connectivity index (χ0n) is 9.35. The lowest BCUT2D eigenvalue weighted by Crippen LogP contribution is -2.39. The number of nitrogens with one attached hydrogen (secondary N) is 1. The molecule has 2 rings (SSSR count). The van der Waals surface area contributed by atoms with Crippen LogP contribution < -0.4 is 10.2 Å². The molecule has 0 saturated carbocycles. The molecule has 1 N–H and O–H groups in total. The van der Waals surface area contributed by atoms with Crippen molar-refractivity contribution in [3.8, 4) is 0 Å². The van der Waals surface area contributed by atoms with E-state index in [4.69, 9.17) is 0 Å². The number of hydrogen-bond acceptors (Lipinski definition) is 5. The van der Waals surface area contributed by atoms with Crippen LogP contribution >= 0.6 is 0 Å². The summed E-state index contributed by atoms with van der Waals surface area (Å²) in [6, 6.07) is 0.537. The van der Waals surface area contributed by atoms with E-state index in [1.54, 1.807) is 4.68 Å². The second-order valence-corrected chi connectivity index (χ2v) is 3.94. The fourth-order valence-corrected chi connectivity index (χ4v) is 2.06. The molecule has 0 aliphatic carbocycles. The van der Waals surface area contributed by atoms with Crippen LogP contribution in [0.3, 0.4) is 0 Å². The number of aryl methyl sites for hydroxylation is 1. The molecule has 1 fully saturated rings. The summed E-state index contributed by atoms with van der Waals surface area (Å²) in [6.07, 6.45) is 2.29. The number of tetrazole rings is 1. The van der Waals surface area contributed by atoms with Crippen LogP contribution in [0.25, 0.3) is 0 Å². The Morgan fingerprint density at radius 1 is 1.60 bits per heavy atom. The van der Waals surface area contributed by atoms with E-state index in [0.717, 1.165) is 32.0 Å². The third kappa shape index (κ3) is 2.09. The fraction of sp³-hybridized carbons (Fsp3) is 0.889. The number of anilines is 1. The first-order valence-corrected chi connectivity index (χ1v) is 5.52. The van der Waals surface area contributed by atoms with Crippen molar-refractivity contribution in [2.45, 2.75) is 25.8 Å². The average Bonchev–Trinajstić information content (AvgIpc) is 2.85. The molecule has 1 saturated heterocycles. The topological polar surface area (TPSA) is 58.9 Å². The van der Waals surface area contributed by atoms with E-state index >= 15 is 0 Å². The summed E-state index contributed by atoms with van der Waals surface area (Å²) in [7, 11) is 1.89. The lowest BCUT2D eigenvalue weighted by molar-refractivity contribution is 0.588. The quantitative estimate of drug-likeness (QED) is 0.745. The predicted octanol–water partition coefficient (Wildman–Crippen LogP) is -0.212. The number of nitrogens with zero attached hydrogens (tertiary/aromatic N) is 5. The molecule has 0 aromatic carbocycles. The van der Waals surface area contributed by atoms with Gasteiger partial charge < -0.3 is 10.2 Å². The minimum Gasteiger partial charge on any atom is -0.335 e. The first kappa shape index (κ1) is 10.4. The van der Waals surface area contributed by atoms with E-state index in [1.807, 2.05) is 7.05 Å². The van der Waals surface area contributed by atoms with Gasteiger partial charge in [-0.15, -0.1) is 0 Å². The van der Waals surface area contributed by atoms with Crippen molar-refractivity contribution in [2.75, 3.05) is 24.5 Å². The molecule has 1 aliphatic heterocycles. The lowest BCUT2D eigenvalue weighted by atomic mass is 10.2. The van der Waals surface area contributed by atoms with Gasteiger partial charge in [0.1, 0.15) is 0 Å². The van der Waals surface area contributed by atoms with Crippen LogP contribution in [0.15, 0.2) is 0 Å². The Hall–Kier alpha value is -1.17. The second kappa shape index (κ2) is 4.57. The van der Waals surface area contributed by atoms with E-state index in [-0.39, 0.29) is 0 Å². The Kier molecular flexibility index (Phi) is 3.15. The normalized spacial score (nSPS) is 20.8. The zero-order valence-corrected chi connectivity index (χ0v) is 9.35. The molecule has 6 nitrogen and oxygen atoms in total. The highest BCUT2D eigenvalue weighted by Crippen LogP contribution is 2.16. The van der Waals surface area contributed by atoms with Crippen LogP contribution in [-0.2, 0) is 7.05 Å². The van der Waals surface area contributed by atoms with Crippen molar-refractivity contribution in [1.82, 2.24) is 25.5 Å². The van der Waals surface area contributed by atoms with Crippen molar-refractivity contribution >= 4 is 5.95 Å². The Bertz CT molecular complexity index is 303. The Morgan fingerprint density at radius 2 is 2.47 bits per heavy atom. The monoisotopic (exact) mass is 210 g/mol. The first-order valence-electron chi connectivity index (χ1n) is 5.52. The molecule has 2 heterocycles. The van der Waals surface area contributed by atoms with Crippen molar-refractivity contribution in [3.05, 3.63) is 0 Å². The van der Waals surface area contributed by atoms with Crippen molar-refractivity contribution in [3.63, 3.8) is 0 Å². The minimum atomic E-state index is 0.537. The van der Waals surface area contributed by atoms with Gasteiger partial charge in [0.25, 0.3) is 0 Å². The van der Waals surface area contributed by atoms with Crippen LogP contribution in [0, 0.1) is 0 Å². The van der Waals surface area contributed by atoms with Gasteiger partial charge in [-0.2, -0.15) is 0 Å². The van der Waals surface area contributed by atoms with E-state index in [1.165, 1.54) is 6.42 Å². The lowest BCUT2D eigenvalue weighted by Gasteiger charge is -2.27. The first-order chi connectivity index (χ1) is 7.33. The summed E-state index contributed by atoms with van der Waals surface area (Å²) >= 11 is 0. The molecule has 0 bridgehead atoms. The molecular formula is C9H18N6. The van der Waals surface area contributed by atoms with Crippen LogP contribution in [0.5, 0.6) is 0 Å². The van der Waals surface area contributed by atoms with Gasteiger partial charge in [0.05, 0.1) is 0 Å². The predicted molar refractivity (Wildman–Crippen MR) is 57.7 cm³/mol. The molecule has 0 radical (unpaired) electrons. The van der Waals surface area contributed by atoms with Gasteiger partial charge in [0.15, 0.2) is 0 Å². The van der Waals surface area contributed by atoms with Gasteiger partial charge in [-0.05, 0) is 29.8 Å². The zero-order chi connectivity index (χ0) is 10.7. The molecule has 1 aromatic heterocycles. The molecule has 84 valence electrons. The second-order valence-electron chi connectivity index (χ2n) is 3.94. The Balaban J connectivity index is 2.15. The molecule has 1 atom stereocenters. The maximum Gasteiger partial charge on any atom is 0.245 e. The highest BCUT2D eigenvalue weighted by molar-refractivity contribution is 5.30. The van der Waals surface area contributed by atoms with Crippen LogP contribution in [0.4, 0.5) is 5.95 Å². The van der Waals surface area contributed by atoms with Gasteiger partial charge in [0, 0.05) is 26.2 Å². The third-order valence-corrected chi connectivity index (χ3v) is 2.79. The third-order valence-electron chi connectivity index (χ3n) is 2.79. The van der Waals surface area contributed by atoms with Gasteiger partial charge in [-0.1, -0.05) is 12.0 Å². The van der Waals surface area contributed by atoms with Crippen LogP contribution in [-0.4, -0.2) is 45.9 Å². The summed E-state index contributed by atoms with van der Waals surface area (Å²) in [4.78, 5) is 2.31. The molecule has 1 aromatic rings. The Labute approximate surface area is 89.6 Å². The largest absolute Gasteiger partial charge is 0.335 e. The van der Waals surface area contributed by atoms with Gasteiger partial charge in [-0.25, -0.2) is 4.68 Å². The van der Waals surface area contributed by atoms with Crippen molar-refractivity contribution in [2.24, 2.45) is 7.05 Å². The summed E-state index contributed by atoms with van der Waals surface area (Å²) in [5.41, 5.74) is 0. The maximum atomic E-state index is 4.08. The van der Waals surface area contributed by atoms with Crippen molar-refractivity contribution < 1.29 is 0 Å². The molecule has 15 heavy (non-hydrogen) atoms. The SMILES string of the molecule is CCCN(c1nnnn1C)C1CCNC1. The van der Waals surface area contributed by atoms with Gasteiger partial charge in [-0.3, -0.25) is 0 Å². The van der Waals surface area contributed by atoms with Gasteiger partial charge >= 0.3 is 0 Å². The van der Waals surface area contributed by atoms with Crippen molar-refractivity contribution in [1.29, 1.82) is 0 Å². The van der Waals surface area contributed by atoms with E-state index < -0.39 is 0 Å². The smallest absolute Gasteiger partial charge is 0.245 e. The van der Waals surface area contributed by atoms with Gasteiger partial charge in [0.2, 0.25) is 5.95 Å². The molecular weight excluding hydrogens is 192 g/mol. The molecule has 1 aliphatic rings. The minimum absolute atomic E-state index is 0.537. The Morgan fingerprint density at radius 3 is 3.00 bits per heavy atom. The molecule has 6 heteroatoms. The number of aromatic nitrogens is 4. The molecule has 0 spiro atoms.